The van der Waals surface area contributed by atoms with Crippen molar-refractivity contribution >= 4 is 11.6 Å². The lowest BCUT2D eigenvalue weighted by atomic mass is 10.1. The number of aliphatic hydroxyl groups is 1. The Bertz CT molecular complexity index is 417. The number of β-amino-alcohol motifs (C(OH)–C–C–N with tert-alkyl or cyclic N) is 1. The molecule has 0 aromatic heterocycles. The summed E-state index contributed by atoms with van der Waals surface area (Å²) in [5.41, 5.74) is 7.85. The van der Waals surface area contributed by atoms with Gasteiger partial charge >= 0.3 is 0 Å². The van der Waals surface area contributed by atoms with Crippen molar-refractivity contribution in [2.45, 2.75) is 19.4 Å². The highest BCUT2D eigenvalue weighted by molar-refractivity contribution is 5.96. The van der Waals surface area contributed by atoms with Gasteiger partial charge in [-0.3, -0.25) is 4.79 Å². The lowest BCUT2D eigenvalue weighted by molar-refractivity contribution is 0.0764. The van der Waals surface area contributed by atoms with Crippen LogP contribution < -0.4 is 5.73 Å². The molecule has 0 aliphatic carbocycles. The Labute approximate surface area is 94.7 Å². The van der Waals surface area contributed by atoms with Crippen LogP contribution in [0.15, 0.2) is 18.2 Å². The largest absolute Gasteiger partial charge is 0.399 e. The lowest BCUT2D eigenvalue weighted by Crippen LogP contribution is -2.30. The third kappa shape index (κ3) is 2.02. The minimum absolute atomic E-state index is 0.0194. The molecule has 0 saturated carbocycles. The summed E-state index contributed by atoms with van der Waals surface area (Å²) in [4.78, 5) is 13.8. The summed E-state index contributed by atoms with van der Waals surface area (Å²) in [6.45, 7) is 2.93. The third-order valence-electron chi connectivity index (χ3n) is 2.93. The first-order valence-electron chi connectivity index (χ1n) is 5.41. The summed E-state index contributed by atoms with van der Waals surface area (Å²) in [6.07, 6.45) is 0.290. The van der Waals surface area contributed by atoms with Gasteiger partial charge in [0.15, 0.2) is 0 Å². The predicted molar refractivity (Wildman–Crippen MR) is 62.1 cm³/mol. The Morgan fingerprint density at radius 3 is 2.88 bits per heavy atom. The van der Waals surface area contributed by atoms with Crippen molar-refractivity contribution in [3.63, 3.8) is 0 Å². The van der Waals surface area contributed by atoms with Gasteiger partial charge in [-0.1, -0.05) is 0 Å². The first-order chi connectivity index (χ1) is 7.58. The zero-order valence-corrected chi connectivity index (χ0v) is 9.31. The molecule has 1 amide bonds. The summed E-state index contributed by atoms with van der Waals surface area (Å²) in [5, 5.41) is 9.39. The van der Waals surface area contributed by atoms with Gasteiger partial charge in [0.05, 0.1) is 6.10 Å². The Hall–Kier alpha value is -1.55. The van der Waals surface area contributed by atoms with Gasteiger partial charge in [0.25, 0.3) is 5.91 Å². The monoisotopic (exact) mass is 220 g/mol. The zero-order valence-electron chi connectivity index (χ0n) is 9.31. The summed E-state index contributed by atoms with van der Waals surface area (Å²) in [6, 6.07) is 5.27. The molecular formula is C12H16N2O2. The first kappa shape index (κ1) is 11.0. The maximum Gasteiger partial charge on any atom is 0.254 e. The number of amides is 1. The number of likely N-dealkylation sites (tertiary alicyclic amines) is 1. The van der Waals surface area contributed by atoms with E-state index in [1.54, 1.807) is 23.1 Å². The second kappa shape index (κ2) is 4.14. The van der Waals surface area contributed by atoms with Crippen molar-refractivity contribution in [3.8, 4) is 0 Å². The number of aliphatic hydroxyl groups excluding tert-OH is 1. The summed E-state index contributed by atoms with van der Waals surface area (Å²) in [7, 11) is 0. The predicted octanol–water partition coefficient (Wildman–Crippen LogP) is 0.784. The van der Waals surface area contributed by atoms with Gasteiger partial charge in [0, 0.05) is 24.3 Å². The smallest absolute Gasteiger partial charge is 0.254 e. The van der Waals surface area contributed by atoms with Crippen LogP contribution >= 0.6 is 0 Å². The van der Waals surface area contributed by atoms with Gasteiger partial charge in [0.1, 0.15) is 0 Å². The second-order valence-corrected chi connectivity index (χ2v) is 4.27. The molecule has 4 heteroatoms. The van der Waals surface area contributed by atoms with Gasteiger partial charge in [-0.05, 0) is 37.1 Å². The minimum Gasteiger partial charge on any atom is -0.399 e. The number of aryl methyl sites for hydroxylation is 1. The fourth-order valence-corrected chi connectivity index (χ4v) is 2.02. The molecule has 2 rings (SSSR count). The molecule has 0 bridgehead atoms. The van der Waals surface area contributed by atoms with Crippen LogP contribution in [0, 0.1) is 6.92 Å². The lowest BCUT2D eigenvalue weighted by Gasteiger charge is -2.17. The highest BCUT2D eigenvalue weighted by Crippen LogP contribution is 2.18. The van der Waals surface area contributed by atoms with Crippen LogP contribution in [0.3, 0.4) is 0 Å². The highest BCUT2D eigenvalue weighted by atomic mass is 16.3. The van der Waals surface area contributed by atoms with Gasteiger partial charge < -0.3 is 15.7 Å². The van der Waals surface area contributed by atoms with Gasteiger partial charge in [-0.2, -0.15) is 0 Å². The van der Waals surface area contributed by atoms with Crippen molar-refractivity contribution < 1.29 is 9.90 Å². The van der Waals surface area contributed by atoms with Gasteiger partial charge in [-0.15, -0.1) is 0 Å². The van der Waals surface area contributed by atoms with Gasteiger partial charge in [-0.25, -0.2) is 0 Å². The molecule has 1 aliphatic heterocycles. The number of hydrogen-bond acceptors (Lipinski definition) is 3. The van der Waals surface area contributed by atoms with Crippen molar-refractivity contribution in [2.75, 3.05) is 18.8 Å². The van der Waals surface area contributed by atoms with Crippen molar-refractivity contribution in [1.82, 2.24) is 4.90 Å². The average Bonchev–Trinajstić information content (AvgIpc) is 2.64. The van der Waals surface area contributed by atoms with Crippen LogP contribution in [0.4, 0.5) is 5.69 Å². The number of carbonyl (C=O) groups excluding carboxylic acids is 1. The molecular weight excluding hydrogens is 204 g/mol. The summed E-state index contributed by atoms with van der Waals surface area (Å²) >= 11 is 0. The van der Waals surface area contributed by atoms with Gasteiger partial charge in [0.2, 0.25) is 0 Å². The van der Waals surface area contributed by atoms with E-state index in [2.05, 4.69) is 0 Å². The van der Waals surface area contributed by atoms with Crippen LogP contribution in [0.25, 0.3) is 0 Å². The molecule has 1 aromatic rings. The van der Waals surface area contributed by atoms with Crippen molar-refractivity contribution in [1.29, 1.82) is 0 Å². The van der Waals surface area contributed by atoms with E-state index in [1.165, 1.54) is 0 Å². The number of carbonyl (C=O) groups is 1. The van der Waals surface area contributed by atoms with E-state index in [4.69, 9.17) is 5.73 Å². The standard InChI is InChI=1S/C12H16N2O2/c1-8-6-9(13)2-3-11(8)12(16)14-5-4-10(15)7-14/h2-3,6,10,15H,4-5,7,13H2,1H3/t10-/m1/s1. The number of hydrogen-bond donors (Lipinski definition) is 2. The molecule has 86 valence electrons. The third-order valence-corrected chi connectivity index (χ3v) is 2.93. The summed E-state index contributed by atoms with van der Waals surface area (Å²) < 4.78 is 0. The molecule has 1 aromatic carbocycles. The number of anilines is 1. The van der Waals surface area contributed by atoms with Crippen LogP contribution in [-0.2, 0) is 0 Å². The Morgan fingerprint density at radius 1 is 1.56 bits per heavy atom. The van der Waals surface area contributed by atoms with E-state index >= 15 is 0 Å². The Morgan fingerprint density at radius 2 is 2.31 bits per heavy atom. The SMILES string of the molecule is Cc1cc(N)ccc1C(=O)N1CC[C@@H](O)C1. The highest BCUT2D eigenvalue weighted by Gasteiger charge is 2.25. The second-order valence-electron chi connectivity index (χ2n) is 4.27. The molecule has 0 spiro atoms. The number of nitrogens with zero attached hydrogens (tertiary/aromatic N) is 1. The normalized spacial score (nSPS) is 20.1. The Kier molecular flexibility index (Phi) is 2.83. The van der Waals surface area contributed by atoms with Crippen molar-refractivity contribution in [2.24, 2.45) is 0 Å². The van der Waals surface area contributed by atoms with E-state index in [-0.39, 0.29) is 12.0 Å². The number of rotatable bonds is 1. The molecule has 1 heterocycles. The molecule has 0 unspecified atom stereocenters. The van der Waals surface area contributed by atoms with Crippen LogP contribution in [-0.4, -0.2) is 35.1 Å². The number of nitrogens with two attached hydrogens (primary N) is 1. The fourth-order valence-electron chi connectivity index (χ4n) is 2.02. The maximum atomic E-state index is 12.1. The van der Waals surface area contributed by atoms with Crippen LogP contribution in [0.2, 0.25) is 0 Å². The molecule has 1 atom stereocenters. The number of nitrogen functional groups attached to an aromatic ring is 1. The minimum atomic E-state index is -0.377. The average molecular weight is 220 g/mol. The van der Waals surface area contributed by atoms with E-state index in [1.807, 2.05) is 6.92 Å². The topological polar surface area (TPSA) is 66.6 Å². The Balaban J connectivity index is 2.21. The molecule has 16 heavy (non-hydrogen) atoms. The van der Waals surface area contributed by atoms with Crippen molar-refractivity contribution in [3.05, 3.63) is 29.3 Å². The zero-order chi connectivity index (χ0) is 11.7. The number of benzene rings is 1. The maximum absolute atomic E-state index is 12.1. The van der Waals surface area contributed by atoms with E-state index in [9.17, 15) is 9.90 Å². The summed E-state index contributed by atoms with van der Waals surface area (Å²) in [5.74, 6) is -0.0194. The van der Waals surface area contributed by atoms with E-state index in [0.717, 1.165) is 5.56 Å². The van der Waals surface area contributed by atoms with E-state index in [0.29, 0.717) is 30.8 Å². The molecule has 1 saturated heterocycles. The molecule has 0 radical (unpaired) electrons. The molecule has 1 aliphatic rings. The quantitative estimate of drug-likeness (QED) is 0.687. The first-order valence-corrected chi connectivity index (χ1v) is 5.41. The van der Waals surface area contributed by atoms with Crippen LogP contribution in [0.5, 0.6) is 0 Å². The molecule has 4 nitrogen and oxygen atoms in total. The van der Waals surface area contributed by atoms with E-state index < -0.39 is 0 Å². The fraction of sp³-hybridized carbons (Fsp3) is 0.417. The van der Waals surface area contributed by atoms with Crippen LogP contribution in [0.1, 0.15) is 22.3 Å². The molecule has 1 fully saturated rings. The molecule has 3 N–H and O–H groups in total.